The van der Waals surface area contributed by atoms with E-state index in [2.05, 4.69) is 5.32 Å². The molecule has 1 aromatic rings. The second-order valence-corrected chi connectivity index (χ2v) is 10.0. The molecule has 2 fully saturated rings. The van der Waals surface area contributed by atoms with Crippen molar-refractivity contribution in [2.45, 2.75) is 47.2 Å². The molecule has 0 saturated carbocycles. The number of nitrogens with one attached hydrogen (secondary N) is 1. The van der Waals surface area contributed by atoms with Crippen LogP contribution in [0.5, 0.6) is 0 Å². The van der Waals surface area contributed by atoms with Gasteiger partial charge in [0.15, 0.2) is 0 Å². The zero-order chi connectivity index (χ0) is 18.4. The van der Waals surface area contributed by atoms with E-state index < -0.39 is 22.8 Å². The number of hydrogen-bond acceptors (Lipinski definition) is 4. The third-order valence-electron chi connectivity index (χ3n) is 4.58. The first-order chi connectivity index (χ1) is 11.7. The number of β-lactam (4-membered cyclic amide) rings is 1. The Morgan fingerprint density at radius 2 is 1.82 bits per heavy atom. The zero-order valence-electron chi connectivity index (χ0n) is 15.4. The zero-order valence-corrected chi connectivity index (χ0v) is 18.3. The van der Waals surface area contributed by atoms with Crippen LogP contribution in [0, 0.1) is 0 Å². The molecule has 2 unspecified atom stereocenters. The van der Waals surface area contributed by atoms with Crippen molar-refractivity contribution < 1.29 is 35.9 Å². The molecule has 0 spiro atoms. The monoisotopic (exact) mass is 475 g/mol. The third kappa shape index (κ3) is 4.69. The maximum absolute atomic E-state index is 12.4. The number of carboxylic acids is 1. The van der Waals surface area contributed by atoms with Gasteiger partial charge in [0.2, 0.25) is 0 Å². The normalized spacial score (nSPS) is 25.0. The Morgan fingerprint density at radius 1 is 1.25 bits per heavy atom. The van der Waals surface area contributed by atoms with Gasteiger partial charge >= 0.3 is 159 Å². The van der Waals surface area contributed by atoms with Crippen molar-refractivity contribution in [3.63, 3.8) is 0 Å². The van der Waals surface area contributed by atoms with Gasteiger partial charge in [0.25, 0.3) is 0 Å². The Bertz CT molecular complexity index is 719. The number of carbonyl (C=O) groups excluding carboxylic acids is 2. The minimum atomic E-state index is -1.00. The molecule has 9 nitrogen and oxygen atoms in total. The minimum Gasteiger partial charge on any atom is -0.412 e. The first kappa shape index (κ1) is 26.4. The molecule has 28 heavy (non-hydrogen) atoms. The molecule has 2 aliphatic heterocycles. The van der Waals surface area contributed by atoms with Crippen LogP contribution < -0.4 is 5.32 Å². The summed E-state index contributed by atoms with van der Waals surface area (Å²) in [5.74, 6) is -1.50. The Balaban J connectivity index is 0.00000243. The number of aliphatic carboxylic acids is 1. The van der Waals surface area contributed by atoms with Gasteiger partial charge in [-0.2, -0.15) is 0 Å². The van der Waals surface area contributed by atoms with Crippen LogP contribution in [0.25, 0.3) is 0 Å². The first-order valence-electron chi connectivity index (χ1n) is 8.00. The van der Waals surface area contributed by atoms with Crippen LogP contribution in [0.3, 0.4) is 0 Å². The fraction of sp³-hybridized carbons (Fsp3) is 0.471. The van der Waals surface area contributed by atoms with Gasteiger partial charge in [0, 0.05) is 0 Å². The topological polar surface area (TPSA) is 181 Å². The molecule has 2 amide bonds. The number of carboxylic acid groups (broad SMARTS) is 1. The second-order valence-electron chi connectivity index (χ2n) is 6.81. The molecule has 2 aliphatic rings. The van der Waals surface area contributed by atoms with E-state index >= 15 is 0 Å². The molecule has 155 valence electrons. The van der Waals surface area contributed by atoms with E-state index in [-0.39, 0.29) is 44.8 Å². The predicted molar refractivity (Wildman–Crippen MR) is 106 cm³/mol. The molecular weight excluding hydrogens is 449 g/mol. The number of hydrogen-bond donors (Lipinski definition) is 2. The smallest absolute Gasteiger partial charge is 0.412 e. The number of amides is 2. The summed E-state index contributed by atoms with van der Waals surface area (Å²) in [7, 11) is 0. The van der Waals surface area contributed by atoms with Crippen LogP contribution in [-0.4, -0.2) is 82.9 Å². The van der Waals surface area contributed by atoms with Crippen LogP contribution in [0.1, 0.15) is 30.6 Å². The van der Waals surface area contributed by atoms with E-state index in [1.807, 2.05) is 60.7 Å². The van der Waals surface area contributed by atoms with Crippen LogP contribution >= 0.6 is 11.8 Å². The summed E-state index contributed by atoms with van der Waals surface area (Å²) in [5, 5.41) is 11.9. The van der Waals surface area contributed by atoms with Gasteiger partial charge in [-0.25, -0.2) is 0 Å². The second kappa shape index (κ2) is 9.74. The van der Waals surface area contributed by atoms with Crippen molar-refractivity contribution in [2.75, 3.05) is 0 Å². The molecular formula is C17H25GeN2O7S. The average Bonchev–Trinajstić information content (AvgIpc) is 2.81. The number of rotatable bonds is 5. The Kier molecular flexibility index (Phi) is 9.19. The molecule has 8 N–H and O–H groups in total. The maximum Gasteiger partial charge on any atom is -0.412 e. The molecule has 4 atom stereocenters. The average molecular weight is 474 g/mol. The molecule has 2 heterocycles. The van der Waals surface area contributed by atoms with E-state index in [1.54, 1.807) is 0 Å². The molecule has 2 saturated heterocycles. The predicted octanol–water partition coefficient (Wildman–Crippen LogP) is -1.56. The molecule has 3 rings (SSSR count). The van der Waals surface area contributed by atoms with Crippen LogP contribution in [0.15, 0.2) is 30.3 Å². The number of carbonyl (C=O) groups is 3. The van der Waals surface area contributed by atoms with Crippen molar-refractivity contribution in [3.8, 4) is 0 Å². The van der Waals surface area contributed by atoms with Gasteiger partial charge < -0.3 is 16.4 Å². The first-order valence-corrected chi connectivity index (χ1v) is 10.1. The van der Waals surface area contributed by atoms with Crippen molar-refractivity contribution in [2.24, 2.45) is 0 Å². The van der Waals surface area contributed by atoms with Crippen LogP contribution in [-0.2, 0) is 14.4 Å². The quantitative estimate of drug-likeness (QED) is 0.386. The van der Waals surface area contributed by atoms with E-state index in [4.69, 9.17) is 0 Å². The molecule has 0 aromatic heterocycles. The minimum absolute atomic E-state index is 0. The molecule has 11 heteroatoms. The summed E-state index contributed by atoms with van der Waals surface area (Å²) in [6.07, 6.45) is 0.289. The van der Waals surface area contributed by atoms with Gasteiger partial charge in [0.05, 0.1) is 0 Å². The fourth-order valence-corrected chi connectivity index (χ4v) is 5.78. The standard InChI is InChI=1S/C17H19GeN2O4S.3H2O/c1-17(2)13(16(23)24)20-14(22)12(15(20)25-17)19-11(21)8-10(18)9-6-4-3-5-7-9;;;/h3-7,10,12-13,15H,8H2,1-2H3,(H,19,21)(H,23,24);3*1H2/t10?,12?,13-,15+;;;/m0.../s1. The van der Waals surface area contributed by atoms with Gasteiger partial charge in [-0.15, -0.1) is 0 Å². The van der Waals surface area contributed by atoms with Crippen molar-refractivity contribution >= 4 is 46.1 Å². The maximum atomic E-state index is 12.4. The SMILES string of the molecule is CC1(C)S[C@@H]2C(NC(=O)C[CH]([Ge])c3ccccc3)C(=O)N2[C@H]1C(=O)O.O.O.O. The molecule has 0 bridgehead atoms. The summed E-state index contributed by atoms with van der Waals surface area (Å²) in [5.41, 5.74) is 1.07. The molecule has 0 aliphatic carbocycles. The number of thioether (sulfide) groups is 1. The number of fused-ring (bicyclic) bond motifs is 1. The van der Waals surface area contributed by atoms with Gasteiger partial charge in [-0.3, -0.25) is 0 Å². The van der Waals surface area contributed by atoms with Crippen molar-refractivity contribution in [3.05, 3.63) is 35.9 Å². The summed E-state index contributed by atoms with van der Waals surface area (Å²) in [6.45, 7) is 3.64. The fourth-order valence-electron chi connectivity index (χ4n) is 3.37. The summed E-state index contributed by atoms with van der Waals surface area (Å²) < 4.78 is -0.532. The molecule has 3 radical (unpaired) electrons. The Labute approximate surface area is 175 Å². The Morgan fingerprint density at radius 3 is 2.36 bits per heavy atom. The van der Waals surface area contributed by atoms with Crippen LogP contribution in [0.2, 0.25) is 0 Å². The number of nitrogens with zero attached hydrogens (tertiary/aromatic N) is 1. The summed E-state index contributed by atoms with van der Waals surface area (Å²) in [4.78, 5) is 37.6. The largest absolute Gasteiger partial charge is 0.412 e. The van der Waals surface area contributed by atoms with Gasteiger partial charge in [-0.05, 0) is 0 Å². The number of benzene rings is 1. The molecule has 1 aromatic carbocycles. The van der Waals surface area contributed by atoms with Gasteiger partial charge in [0.1, 0.15) is 0 Å². The summed E-state index contributed by atoms with van der Waals surface area (Å²) >= 11 is 3.40. The van der Waals surface area contributed by atoms with Crippen LogP contribution in [0.4, 0.5) is 0 Å². The van der Waals surface area contributed by atoms with E-state index in [1.165, 1.54) is 16.7 Å². The van der Waals surface area contributed by atoms with Crippen molar-refractivity contribution in [1.29, 1.82) is 0 Å². The van der Waals surface area contributed by atoms with E-state index in [9.17, 15) is 19.5 Å². The summed E-state index contributed by atoms with van der Waals surface area (Å²) in [6, 6.07) is 8.24. The third-order valence-corrected chi connectivity index (χ3v) is 7.28. The van der Waals surface area contributed by atoms with Gasteiger partial charge in [-0.1, -0.05) is 0 Å². The van der Waals surface area contributed by atoms with E-state index in [0.29, 0.717) is 0 Å². The van der Waals surface area contributed by atoms with E-state index in [0.717, 1.165) is 5.56 Å². The van der Waals surface area contributed by atoms with Crippen molar-refractivity contribution in [1.82, 2.24) is 10.2 Å². The Hall–Kier alpha value is -1.60.